The maximum absolute atomic E-state index is 13.1. The van der Waals surface area contributed by atoms with Gasteiger partial charge in [0, 0.05) is 32.1 Å². The lowest BCUT2D eigenvalue weighted by Crippen LogP contribution is -2.49. The molecule has 0 bridgehead atoms. The molecule has 0 radical (unpaired) electrons. The lowest BCUT2D eigenvalue weighted by atomic mass is 10.2. The molecule has 2 aromatic heterocycles. The van der Waals surface area contributed by atoms with Gasteiger partial charge in [-0.3, -0.25) is 4.90 Å². The van der Waals surface area contributed by atoms with E-state index in [4.69, 9.17) is 4.52 Å². The van der Waals surface area contributed by atoms with Gasteiger partial charge in [-0.25, -0.2) is 8.42 Å². The summed E-state index contributed by atoms with van der Waals surface area (Å²) in [5, 5.41) is 4.02. The van der Waals surface area contributed by atoms with Crippen molar-refractivity contribution in [1.29, 1.82) is 0 Å². The number of hydrogen-bond donors (Lipinski definition) is 0. The third kappa shape index (κ3) is 3.43. The molecule has 1 saturated heterocycles. The highest BCUT2D eigenvalue weighted by atomic mass is 32.2. The van der Waals surface area contributed by atoms with Crippen LogP contribution in [0.15, 0.2) is 27.6 Å². The van der Waals surface area contributed by atoms with Crippen molar-refractivity contribution >= 4 is 32.8 Å². The second-order valence-corrected chi connectivity index (χ2v) is 9.58. The van der Waals surface area contributed by atoms with Crippen molar-refractivity contribution in [2.75, 3.05) is 26.2 Å². The fourth-order valence-electron chi connectivity index (χ4n) is 3.27. The maximum atomic E-state index is 13.1. The fourth-order valence-corrected chi connectivity index (χ4v) is 5.44. The Balaban J connectivity index is 1.48. The molecule has 28 heavy (non-hydrogen) atoms. The molecule has 0 aliphatic carbocycles. The Labute approximate surface area is 167 Å². The molecule has 3 heterocycles. The van der Waals surface area contributed by atoms with E-state index in [1.54, 1.807) is 18.2 Å². The first-order chi connectivity index (χ1) is 13.4. The molecule has 1 unspecified atom stereocenters. The highest BCUT2D eigenvalue weighted by molar-refractivity contribution is 7.89. The Hall–Kier alpha value is -1.95. The fraction of sp³-hybridized carbons (Fsp3) is 0.529. The van der Waals surface area contributed by atoms with Crippen LogP contribution < -0.4 is 0 Å². The summed E-state index contributed by atoms with van der Waals surface area (Å²) >= 11 is 1.02. The molecule has 0 saturated carbocycles. The number of nitrogens with zero attached hydrogens (tertiary/aromatic N) is 6. The van der Waals surface area contributed by atoms with Crippen molar-refractivity contribution in [2.24, 2.45) is 0 Å². The Kier molecular flexibility index (Phi) is 5.17. The molecule has 0 spiro atoms. The van der Waals surface area contributed by atoms with Crippen LogP contribution in [0.2, 0.25) is 0 Å². The quantitative estimate of drug-likeness (QED) is 0.616. The smallest absolute Gasteiger partial charge is 0.245 e. The minimum atomic E-state index is -3.62. The second kappa shape index (κ2) is 7.47. The van der Waals surface area contributed by atoms with Gasteiger partial charge in [-0.2, -0.15) is 18.0 Å². The summed E-state index contributed by atoms with van der Waals surface area (Å²) in [5.74, 6) is 1.46. The second-order valence-electron chi connectivity index (χ2n) is 7.15. The van der Waals surface area contributed by atoms with Gasteiger partial charge < -0.3 is 4.52 Å². The van der Waals surface area contributed by atoms with Crippen LogP contribution in [0.3, 0.4) is 0 Å². The zero-order chi connectivity index (χ0) is 19.9. The predicted octanol–water partition coefficient (Wildman–Crippen LogP) is 2.27. The number of rotatable bonds is 5. The highest BCUT2D eigenvalue weighted by Gasteiger charge is 2.33. The third-order valence-electron chi connectivity index (χ3n) is 5.02. The van der Waals surface area contributed by atoms with Crippen molar-refractivity contribution in [2.45, 2.75) is 37.6 Å². The van der Waals surface area contributed by atoms with E-state index in [1.165, 1.54) is 4.31 Å². The van der Waals surface area contributed by atoms with Crippen LogP contribution >= 0.6 is 11.7 Å². The number of hydrogen-bond acceptors (Lipinski definition) is 9. The van der Waals surface area contributed by atoms with E-state index in [0.717, 1.165) is 11.7 Å². The zero-order valence-corrected chi connectivity index (χ0v) is 17.6. The summed E-state index contributed by atoms with van der Waals surface area (Å²) < 4.78 is 41.5. The van der Waals surface area contributed by atoms with E-state index in [9.17, 15) is 8.42 Å². The summed E-state index contributed by atoms with van der Waals surface area (Å²) in [6.07, 6.45) is 0. The average molecular weight is 423 g/mol. The van der Waals surface area contributed by atoms with E-state index in [-0.39, 0.29) is 16.9 Å². The number of sulfonamides is 1. The Morgan fingerprint density at radius 2 is 1.86 bits per heavy atom. The van der Waals surface area contributed by atoms with Gasteiger partial charge in [-0.1, -0.05) is 25.1 Å². The van der Waals surface area contributed by atoms with E-state index >= 15 is 0 Å². The molecule has 1 aliphatic heterocycles. The van der Waals surface area contributed by atoms with Gasteiger partial charge in [0.05, 0.1) is 17.8 Å². The molecule has 4 rings (SSSR count). The first kappa shape index (κ1) is 19.4. The van der Waals surface area contributed by atoms with Crippen molar-refractivity contribution in [3.8, 4) is 0 Å². The van der Waals surface area contributed by atoms with Crippen molar-refractivity contribution < 1.29 is 12.9 Å². The topological polar surface area (TPSA) is 105 Å². The van der Waals surface area contributed by atoms with Gasteiger partial charge in [0.2, 0.25) is 15.9 Å². The minimum Gasteiger partial charge on any atom is -0.338 e. The van der Waals surface area contributed by atoms with E-state index < -0.39 is 10.0 Å². The van der Waals surface area contributed by atoms with Crippen LogP contribution in [0, 0.1) is 0 Å². The number of piperazine rings is 1. The molecule has 150 valence electrons. The molecule has 1 aromatic carbocycles. The molecule has 9 nitrogen and oxygen atoms in total. The molecule has 1 aliphatic rings. The highest BCUT2D eigenvalue weighted by Crippen LogP contribution is 2.27. The molecule has 11 heteroatoms. The normalized spacial score (nSPS) is 18.1. The van der Waals surface area contributed by atoms with E-state index in [0.29, 0.717) is 48.9 Å². The lowest BCUT2D eigenvalue weighted by Gasteiger charge is -2.36. The minimum absolute atomic E-state index is 0.0592. The van der Waals surface area contributed by atoms with Crippen molar-refractivity contribution in [3.05, 3.63) is 29.9 Å². The lowest BCUT2D eigenvalue weighted by molar-refractivity contribution is 0.124. The molecular formula is C17H22N6O3S2. The summed E-state index contributed by atoms with van der Waals surface area (Å²) in [7, 11) is -3.62. The van der Waals surface area contributed by atoms with Gasteiger partial charge in [0.15, 0.2) is 5.82 Å². The van der Waals surface area contributed by atoms with Gasteiger partial charge in [-0.05, 0) is 19.1 Å². The van der Waals surface area contributed by atoms with Crippen LogP contribution in [0.4, 0.5) is 0 Å². The average Bonchev–Trinajstić information content (AvgIpc) is 3.36. The maximum Gasteiger partial charge on any atom is 0.245 e. The third-order valence-corrected chi connectivity index (χ3v) is 7.49. The van der Waals surface area contributed by atoms with E-state index in [1.807, 2.05) is 20.8 Å². The molecular weight excluding hydrogens is 400 g/mol. The first-order valence-electron chi connectivity index (χ1n) is 9.17. The summed E-state index contributed by atoms with van der Waals surface area (Å²) in [5.41, 5.74) is 1.05. The number of fused-ring (bicyclic) bond motifs is 1. The Morgan fingerprint density at radius 1 is 1.11 bits per heavy atom. The Bertz CT molecular complexity index is 1070. The standard InChI is InChI=1S/C17H22N6O3S2/c1-11(2)16-18-17(26-19-16)12(3)22-7-9-23(10-8-22)28(24,25)14-6-4-5-13-15(14)21-27-20-13/h4-6,11-12H,7-10H2,1-3H3. The molecule has 0 amide bonds. The predicted molar refractivity (Wildman–Crippen MR) is 105 cm³/mol. The Morgan fingerprint density at radius 3 is 2.54 bits per heavy atom. The molecule has 0 N–H and O–H groups in total. The van der Waals surface area contributed by atoms with Crippen molar-refractivity contribution in [3.63, 3.8) is 0 Å². The van der Waals surface area contributed by atoms with Gasteiger partial charge in [-0.15, -0.1) is 0 Å². The van der Waals surface area contributed by atoms with Crippen LogP contribution in [0.25, 0.3) is 11.0 Å². The van der Waals surface area contributed by atoms with Gasteiger partial charge in [0.25, 0.3) is 0 Å². The zero-order valence-electron chi connectivity index (χ0n) is 15.9. The summed E-state index contributed by atoms with van der Waals surface area (Å²) in [6, 6.07) is 5.01. The van der Waals surface area contributed by atoms with Crippen LogP contribution in [0.1, 0.15) is 44.4 Å². The largest absolute Gasteiger partial charge is 0.338 e. The SMILES string of the molecule is CC(C)c1noc(C(C)N2CCN(S(=O)(=O)c3cccc4nsnc34)CC2)n1. The summed E-state index contributed by atoms with van der Waals surface area (Å²) in [4.78, 5) is 6.85. The first-order valence-corrected chi connectivity index (χ1v) is 11.3. The molecule has 1 atom stereocenters. The number of benzene rings is 1. The van der Waals surface area contributed by atoms with Gasteiger partial charge >= 0.3 is 0 Å². The molecule has 3 aromatic rings. The summed E-state index contributed by atoms with van der Waals surface area (Å²) in [6.45, 7) is 8.00. The molecule has 1 fully saturated rings. The van der Waals surface area contributed by atoms with Crippen LogP contribution in [-0.2, 0) is 10.0 Å². The van der Waals surface area contributed by atoms with Gasteiger partial charge in [0.1, 0.15) is 15.9 Å². The van der Waals surface area contributed by atoms with Crippen LogP contribution in [-0.4, -0.2) is 62.7 Å². The monoisotopic (exact) mass is 422 g/mol. The van der Waals surface area contributed by atoms with E-state index in [2.05, 4.69) is 23.8 Å². The van der Waals surface area contributed by atoms with Crippen LogP contribution in [0.5, 0.6) is 0 Å². The van der Waals surface area contributed by atoms with Crippen molar-refractivity contribution in [1.82, 2.24) is 28.1 Å². The number of aromatic nitrogens is 4.